The molecule has 1 saturated heterocycles. The average Bonchev–Trinajstić information content (AvgIpc) is 2.77. The van der Waals surface area contributed by atoms with Gasteiger partial charge in [0.2, 0.25) is 5.91 Å². The van der Waals surface area contributed by atoms with Crippen LogP contribution in [0, 0.1) is 13.8 Å². The van der Waals surface area contributed by atoms with Crippen molar-refractivity contribution in [1.82, 2.24) is 20.2 Å². The van der Waals surface area contributed by atoms with Crippen LogP contribution in [0.25, 0.3) is 11.0 Å². The van der Waals surface area contributed by atoms with Crippen molar-refractivity contribution in [3.05, 3.63) is 29.1 Å². The lowest BCUT2D eigenvalue weighted by atomic mass is 10.0. The van der Waals surface area contributed by atoms with Crippen LogP contribution in [0.15, 0.2) is 12.1 Å². The lowest BCUT2D eigenvalue weighted by molar-refractivity contribution is -0.140. The Balaban J connectivity index is 1.86. The Morgan fingerprint density at radius 3 is 2.76 bits per heavy atom. The van der Waals surface area contributed by atoms with E-state index in [1.165, 1.54) is 11.1 Å². The van der Waals surface area contributed by atoms with Crippen LogP contribution in [-0.4, -0.2) is 39.4 Å². The van der Waals surface area contributed by atoms with Crippen LogP contribution < -0.4 is 5.32 Å². The number of piperazine rings is 1. The molecule has 0 saturated carbocycles. The topological polar surface area (TPSA) is 61.0 Å². The van der Waals surface area contributed by atoms with E-state index in [-0.39, 0.29) is 5.91 Å². The third-order valence-corrected chi connectivity index (χ3v) is 4.26. The Labute approximate surface area is 124 Å². The number of carbonyl (C=O) groups is 1. The fraction of sp³-hybridized carbons (Fsp3) is 0.500. The van der Waals surface area contributed by atoms with Gasteiger partial charge in [-0.25, -0.2) is 4.98 Å². The van der Waals surface area contributed by atoms with E-state index in [4.69, 9.17) is 0 Å². The molecule has 1 aliphatic heterocycles. The van der Waals surface area contributed by atoms with Crippen LogP contribution in [0.2, 0.25) is 0 Å². The second kappa shape index (κ2) is 4.84. The molecule has 1 aromatic heterocycles. The zero-order chi connectivity index (χ0) is 15.2. The minimum absolute atomic E-state index is 0.126. The number of fused-ring (bicyclic) bond motifs is 1. The highest BCUT2D eigenvalue weighted by Crippen LogP contribution is 2.19. The van der Waals surface area contributed by atoms with E-state index in [0.717, 1.165) is 29.9 Å². The van der Waals surface area contributed by atoms with Gasteiger partial charge in [0.25, 0.3) is 0 Å². The number of hydrogen-bond acceptors (Lipinski definition) is 3. The van der Waals surface area contributed by atoms with Crippen molar-refractivity contribution in [2.24, 2.45) is 0 Å². The van der Waals surface area contributed by atoms with E-state index in [9.17, 15) is 4.79 Å². The van der Waals surface area contributed by atoms with Crippen LogP contribution in [0.1, 0.15) is 30.8 Å². The molecule has 2 aromatic rings. The van der Waals surface area contributed by atoms with Gasteiger partial charge in [-0.15, -0.1) is 0 Å². The molecule has 0 radical (unpaired) electrons. The SMILES string of the molecule is Cc1cc2nc(CN3CCNC(C)(C)C3=O)[nH]c2cc1C. The largest absolute Gasteiger partial charge is 0.340 e. The third kappa shape index (κ3) is 2.53. The van der Waals surface area contributed by atoms with Crippen molar-refractivity contribution >= 4 is 16.9 Å². The number of aromatic nitrogens is 2. The first-order chi connectivity index (χ1) is 9.87. The number of carbonyl (C=O) groups excluding carboxylic acids is 1. The van der Waals surface area contributed by atoms with Crippen LogP contribution in [0.3, 0.4) is 0 Å². The van der Waals surface area contributed by atoms with Gasteiger partial charge in [0.1, 0.15) is 5.82 Å². The fourth-order valence-electron chi connectivity index (χ4n) is 2.80. The number of rotatable bonds is 2. The van der Waals surface area contributed by atoms with E-state index in [0.29, 0.717) is 6.54 Å². The third-order valence-electron chi connectivity index (χ3n) is 4.26. The number of nitrogens with one attached hydrogen (secondary N) is 2. The number of hydrogen-bond donors (Lipinski definition) is 2. The number of aromatic amines is 1. The first kappa shape index (κ1) is 14.1. The van der Waals surface area contributed by atoms with Crippen molar-refractivity contribution in [3.63, 3.8) is 0 Å². The number of aryl methyl sites for hydroxylation is 2. The van der Waals surface area contributed by atoms with Crippen molar-refractivity contribution < 1.29 is 4.79 Å². The van der Waals surface area contributed by atoms with Crippen LogP contribution in [-0.2, 0) is 11.3 Å². The Morgan fingerprint density at radius 2 is 2.00 bits per heavy atom. The van der Waals surface area contributed by atoms with E-state index in [2.05, 4.69) is 41.3 Å². The molecule has 1 fully saturated rings. The van der Waals surface area contributed by atoms with Gasteiger partial charge in [-0.1, -0.05) is 0 Å². The predicted molar refractivity (Wildman–Crippen MR) is 83.1 cm³/mol. The normalized spacial score (nSPS) is 18.5. The molecule has 0 atom stereocenters. The number of imidazole rings is 1. The van der Waals surface area contributed by atoms with Crippen molar-refractivity contribution in [3.8, 4) is 0 Å². The van der Waals surface area contributed by atoms with Gasteiger partial charge in [0, 0.05) is 13.1 Å². The lowest BCUT2D eigenvalue weighted by Gasteiger charge is -2.37. The molecule has 21 heavy (non-hydrogen) atoms. The van der Waals surface area contributed by atoms with Gasteiger partial charge in [-0.2, -0.15) is 0 Å². The second-order valence-corrected chi connectivity index (χ2v) is 6.42. The standard InChI is InChI=1S/C16H22N4O/c1-10-7-12-13(8-11(10)2)19-14(18-12)9-20-6-5-17-16(3,4)15(20)21/h7-8,17H,5-6,9H2,1-4H3,(H,18,19). The minimum atomic E-state index is -0.489. The first-order valence-electron chi connectivity index (χ1n) is 7.37. The molecule has 0 spiro atoms. The highest BCUT2D eigenvalue weighted by molar-refractivity contribution is 5.86. The highest BCUT2D eigenvalue weighted by atomic mass is 16.2. The quantitative estimate of drug-likeness (QED) is 0.886. The zero-order valence-electron chi connectivity index (χ0n) is 13.1. The molecular weight excluding hydrogens is 264 g/mol. The minimum Gasteiger partial charge on any atom is -0.340 e. The van der Waals surface area contributed by atoms with Gasteiger partial charge in [0.05, 0.1) is 23.1 Å². The van der Waals surface area contributed by atoms with Gasteiger partial charge in [-0.05, 0) is 51.0 Å². The van der Waals surface area contributed by atoms with Gasteiger partial charge < -0.3 is 15.2 Å². The molecule has 3 rings (SSSR count). The number of benzene rings is 1. The average molecular weight is 286 g/mol. The summed E-state index contributed by atoms with van der Waals surface area (Å²) in [5.74, 6) is 0.975. The number of amides is 1. The van der Waals surface area contributed by atoms with E-state index in [1.807, 2.05) is 18.7 Å². The maximum absolute atomic E-state index is 12.4. The maximum Gasteiger partial charge on any atom is 0.242 e. The summed E-state index contributed by atoms with van der Waals surface area (Å²) < 4.78 is 0. The summed E-state index contributed by atoms with van der Waals surface area (Å²) in [5, 5.41) is 3.24. The zero-order valence-corrected chi connectivity index (χ0v) is 13.1. The van der Waals surface area contributed by atoms with Gasteiger partial charge in [0.15, 0.2) is 0 Å². The molecule has 0 aliphatic carbocycles. The molecule has 2 N–H and O–H groups in total. The Bertz CT molecular complexity index is 663. The number of nitrogens with zero attached hydrogens (tertiary/aromatic N) is 2. The highest BCUT2D eigenvalue weighted by Gasteiger charge is 2.35. The summed E-state index contributed by atoms with van der Waals surface area (Å²) in [5.41, 5.74) is 4.00. The van der Waals surface area contributed by atoms with Gasteiger partial charge >= 0.3 is 0 Å². The van der Waals surface area contributed by atoms with E-state index < -0.39 is 5.54 Å². The molecule has 112 valence electrons. The molecule has 1 aromatic carbocycles. The summed E-state index contributed by atoms with van der Waals surface area (Å²) in [6, 6.07) is 4.21. The van der Waals surface area contributed by atoms with Gasteiger partial charge in [-0.3, -0.25) is 4.79 Å². The van der Waals surface area contributed by atoms with Crippen LogP contribution in [0.4, 0.5) is 0 Å². The van der Waals surface area contributed by atoms with E-state index >= 15 is 0 Å². The summed E-state index contributed by atoms with van der Waals surface area (Å²) in [6.07, 6.45) is 0. The van der Waals surface area contributed by atoms with Crippen molar-refractivity contribution in [2.75, 3.05) is 13.1 Å². The molecule has 0 bridgehead atoms. The Kier molecular flexibility index (Phi) is 3.24. The molecular formula is C16H22N4O. The first-order valence-corrected chi connectivity index (χ1v) is 7.37. The molecule has 1 aliphatic rings. The molecule has 5 heteroatoms. The molecule has 0 unspecified atom stereocenters. The summed E-state index contributed by atoms with van der Waals surface area (Å²) in [7, 11) is 0. The molecule has 2 heterocycles. The predicted octanol–water partition coefficient (Wildman–Crippen LogP) is 1.89. The second-order valence-electron chi connectivity index (χ2n) is 6.42. The molecule has 5 nitrogen and oxygen atoms in total. The van der Waals surface area contributed by atoms with Crippen LogP contribution >= 0.6 is 0 Å². The smallest absolute Gasteiger partial charge is 0.242 e. The summed E-state index contributed by atoms with van der Waals surface area (Å²) in [4.78, 5) is 22.2. The molecule has 1 amide bonds. The van der Waals surface area contributed by atoms with Crippen molar-refractivity contribution in [2.45, 2.75) is 39.8 Å². The summed E-state index contributed by atoms with van der Waals surface area (Å²) >= 11 is 0. The maximum atomic E-state index is 12.4. The monoisotopic (exact) mass is 286 g/mol. The Morgan fingerprint density at radius 1 is 1.29 bits per heavy atom. The van der Waals surface area contributed by atoms with Crippen molar-refractivity contribution in [1.29, 1.82) is 0 Å². The number of H-pyrrole nitrogens is 1. The van der Waals surface area contributed by atoms with E-state index in [1.54, 1.807) is 0 Å². The Hall–Kier alpha value is -1.88. The fourth-order valence-corrected chi connectivity index (χ4v) is 2.80. The lowest BCUT2D eigenvalue weighted by Crippen LogP contribution is -2.60. The summed E-state index contributed by atoms with van der Waals surface area (Å²) in [6.45, 7) is 10.1. The van der Waals surface area contributed by atoms with Crippen LogP contribution in [0.5, 0.6) is 0 Å².